The molecule has 5 rings (SSSR count). The minimum atomic E-state index is -2.51. The third-order valence-corrected chi connectivity index (χ3v) is 9.45. The van der Waals surface area contributed by atoms with Crippen LogP contribution >= 0.6 is 11.6 Å². The summed E-state index contributed by atoms with van der Waals surface area (Å²) in [5.74, 6) is 1.59. The Bertz CT molecular complexity index is 1730. The molecule has 234 valence electrons. The standard InChI is InChI=1S/C33H37ClN6O4Si/c1-5-35-30(41)20-28-32-39-38-21(2)40(32)29-15-14-25(19-27(29)31(37-28)22-10-12-24(34)13-11-22)44-17-7-16-36-33(42)23-8-6-9-26(18-23)45(3,4)43/h6,8-15,18-19,28,43H,5,7,16-17,20H2,1-4H3,(H,35,41)(H,36,42)/t28-/m0/s1. The van der Waals surface area contributed by atoms with Crippen molar-refractivity contribution in [3.05, 3.63) is 100 Å². The first-order valence-corrected chi connectivity index (χ1v) is 18.3. The Morgan fingerprint density at radius 1 is 1.04 bits per heavy atom. The van der Waals surface area contributed by atoms with Crippen molar-refractivity contribution >= 4 is 42.6 Å². The molecule has 0 saturated carbocycles. The molecular formula is C33H37ClN6O4Si. The average Bonchev–Trinajstić information content (AvgIpc) is 3.34. The number of amides is 2. The molecule has 0 saturated heterocycles. The lowest BCUT2D eigenvalue weighted by Crippen LogP contribution is -2.42. The topological polar surface area (TPSA) is 131 Å². The number of halogens is 1. The zero-order valence-electron chi connectivity index (χ0n) is 25.8. The number of hydrogen-bond donors (Lipinski definition) is 3. The molecule has 0 fully saturated rings. The van der Waals surface area contributed by atoms with E-state index in [2.05, 4.69) is 20.8 Å². The largest absolute Gasteiger partial charge is 0.494 e. The van der Waals surface area contributed by atoms with Crippen LogP contribution in [0, 0.1) is 6.92 Å². The predicted octanol–water partition coefficient (Wildman–Crippen LogP) is 4.25. The minimum absolute atomic E-state index is 0.121. The van der Waals surface area contributed by atoms with Crippen molar-refractivity contribution < 1.29 is 19.1 Å². The van der Waals surface area contributed by atoms with Gasteiger partial charge in [-0.3, -0.25) is 19.1 Å². The molecule has 1 atom stereocenters. The van der Waals surface area contributed by atoms with Gasteiger partial charge < -0.3 is 20.2 Å². The first-order chi connectivity index (χ1) is 21.5. The van der Waals surface area contributed by atoms with Crippen LogP contribution in [-0.2, 0) is 4.79 Å². The van der Waals surface area contributed by atoms with Crippen LogP contribution < -0.4 is 20.6 Å². The van der Waals surface area contributed by atoms with Crippen LogP contribution in [0.3, 0.4) is 0 Å². The second kappa shape index (κ2) is 13.8. The van der Waals surface area contributed by atoms with Gasteiger partial charge >= 0.3 is 0 Å². The van der Waals surface area contributed by atoms with Crippen LogP contribution in [0.1, 0.15) is 58.9 Å². The van der Waals surface area contributed by atoms with Gasteiger partial charge in [0.25, 0.3) is 5.91 Å². The number of nitrogens with zero attached hydrogens (tertiary/aromatic N) is 4. The highest BCUT2D eigenvalue weighted by Gasteiger charge is 2.30. The summed E-state index contributed by atoms with van der Waals surface area (Å²) in [6, 6.07) is 19.8. The number of aromatic nitrogens is 3. The van der Waals surface area contributed by atoms with Crippen LogP contribution in [0.2, 0.25) is 18.1 Å². The van der Waals surface area contributed by atoms with E-state index < -0.39 is 14.4 Å². The summed E-state index contributed by atoms with van der Waals surface area (Å²) in [4.78, 5) is 40.9. The van der Waals surface area contributed by atoms with Gasteiger partial charge in [-0.1, -0.05) is 35.9 Å². The molecule has 2 heterocycles. The van der Waals surface area contributed by atoms with Crippen LogP contribution in [0.25, 0.3) is 5.69 Å². The number of fused-ring (bicyclic) bond motifs is 3. The van der Waals surface area contributed by atoms with Crippen molar-refractivity contribution in [2.45, 2.75) is 45.8 Å². The van der Waals surface area contributed by atoms with E-state index in [1.54, 1.807) is 18.2 Å². The molecule has 0 unspecified atom stereocenters. The molecule has 1 aromatic heterocycles. The molecular weight excluding hydrogens is 608 g/mol. The normalized spacial score (nSPS) is 14.1. The maximum absolute atomic E-state index is 12.7. The number of aliphatic imine (C=N–C) groups is 1. The van der Waals surface area contributed by atoms with Crippen LogP contribution in [0.15, 0.2) is 71.7 Å². The number of benzene rings is 3. The molecule has 0 radical (unpaired) electrons. The Balaban J connectivity index is 1.36. The fraction of sp³-hybridized carbons (Fsp3) is 0.303. The second-order valence-electron chi connectivity index (χ2n) is 11.4. The maximum Gasteiger partial charge on any atom is 0.251 e. The molecule has 1 aliphatic heterocycles. The van der Waals surface area contributed by atoms with Crippen LogP contribution in [-0.4, -0.2) is 65.1 Å². The average molecular weight is 645 g/mol. The first-order valence-electron chi connectivity index (χ1n) is 15.0. The number of ether oxygens (including phenoxy) is 1. The van der Waals surface area contributed by atoms with E-state index in [-0.39, 0.29) is 18.2 Å². The smallest absolute Gasteiger partial charge is 0.251 e. The Kier molecular flexibility index (Phi) is 9.81. The lowest BCUT2D eigenvalue weighted by molar-refractivity contribution is -0.121. The quantitative estimate of drug-likeness (QED) is 0.165. The lowest BCUT2D eigenvalue weighted by Gasteiger charge is -2.16. The molecule has 3 aromatic carbocycles. The van der Waals surface area contributed by atoms with E-state index in [4.69, 9.17) is 21.3 Å². The molecule has 10 nitrogen and oxygen atoms in total. The molecule has 0 spiro atoms. The van der Waals surface area contributed by atoms with Crippen LogP contribution in [0.5, 0.6) is 5.75 Å². The summed E-state index contributed by atoms with van der Waals surface area (Å²) in [5, 5.41) is 16.0. The van der Waals surface area contributed by atoms with Gasteiger partial charge in [0, 0.05) is 34.8 Å². The summed E-state index contributed by atoms with van der Waals surface area (Å²) in [6.45, 7) is 8.72. The number of rotatable bonds is 11. The molecule has 45 heavy (non-hydrogen) atoms. The summed E-state index contributed by atoms with van der Waals surface area (Å²) in [6.07, 6.45) is 0.709. The molecule has 12 heteroatoms. The van der Waals surface area contributed by atoms with E-state index in [1.165, 1.54) is 0 Å². The monoisotopic (exact) mass is 644 g/mol. The van der Waals surface area contributed by atoms with Crippen molar-refractivity contribution in [2.24, 2.45) is 4.99 Å². The minimum Gasteiger partial charge on any atom is -0.494 e. The zero-order valence-corrected chi connectivity index (χ0v) is 27.6. The SMILES string of the molecule is CCNC(=O)C[C@@H]1N=C(c2ccc(Cl)cc2)c2cc(OCCCNC(=O)c3cccc([Si](C)(C)O)c3)ccc2-n2c(C)nnc21. The highest BCUT2D eigenvalue weighted by molar-refractivity contribution is 6.83. The number of carbonyl (C=O) groups excluding carboxylic acids is 2. The van der Waals surface area contributed by atoms with Gasteiger partial charge in [-0.15, -0.1) is 10.2 Å². The van der Waals surface area contributed by atoms with Gasteiger partial charge in [0.15, 0.2) is 5.82 Å². The number of carbonyl (C=O) groups is 2. The Labute approximate surface area is 268 Å². The first kappa shape index (κ1) is 32.1. The van der Waals surface area contributed by atoms with Crippen LogP contribution in [0.4, 0.5) is 0 Å². The number of aryl methyl sites for hydroxylation is 1. The summed E-state index contributed by atoms with van der Waals surface area (Å²) in [7, 11) is -2.51. The maximum atomic E-state index is 12.7. The summed E-state index contributed by atoms with van der Waals surface area (Å²) >= 11 is 6.21. The van der Waals surface area contributed by atoms with Gasteiger partial charge in [-0.2, -0.15) is 0 Å². The van der Waals surface area contributed by atoms with Crippen molar-refractivity contribution in [3.63, 3.8) is 0 Å². The fourth-order valence-corrected chi connectivity index (χ4v) is 6.33. The molecule has 1 aliphatic rings. The predicted molar refractivity (Wildman–Crippen MR) is 177 cm³/mol. The highest BCUT2D eigenvalue weighted by Crippen LogP contribution is 2.34. The van der Waals surface area contributed by atoms with E-state index in [0.717, 1.165) is 22.0 Å². The van der Waals surface area contributed by atoms with E-state index in [9.17, 15) is 14.4 Å². The van der Waals surface area contributed by atoms with E-state index in [1.807, 2.05) is 80.0 Å². The fourth-order valence-electron chi connectivity index (χ4n) is 5.19. The van der Waals surface area contributed by atoms with Gasteiger partial charge in [-0.25, -0.2) is 0 Å². The van der Waals surface area contributed by atoms with E-state index >= 15 is 0 Å². The van der Waals surface area contributed by atoms with E-state index in [0.29, 0.717) is 59.8 Å². The Hall–Kier alpha value is -4.32. The lowest BCUT2D eigenvalue weighted by atomic mass is 10.00. The Morgan fingerprint density at radius 2 is 1.82 bits per heavy atom. The number of hydrogen-bond acceptors (Lipinski definition) is 7. The van der Waals surface area contributed by atoms with Gasteiger partial charge in [0.05, 0.1) is 24.4 Å². The molecule has 0 aliphatic carbocycles. The summed E-state index contributed by atoms with van der Waals surface area (Å²) in [5.41, 5.74) is 3.69. The molecule has 3 N–H and O–H groups in total. The zero-order chi connectivity index (χ0) is 32.1. The van der Waals surface area contributed by atoms with Crippen molar-refractivity contribution in [3.8, 4) is 11.4 Å². The Morgan fingerprint density at radius 3 is 2.56 bits per heavy atom. The third kappa shape index (κ3) is 7.50. The van der Waals surface area contributed by atoms with Crippen molar-refractivity contribution in [2.75, 3.05) is 19.7 Å². The van der Waals surface area contributed by atoms with Gasteiger partial charge in [0.2, 0.25) is 14.2 Å². The molecule has 4 aromatic rings. The van der Waals surface area contributed by atoms with Crippen molar-refractivity contribution in [1.82, 2.24) is 25.4 Å². The van der Waals surface area contributed by atoms with Gasteiger partial charge in [0.1, 0.15) is 17.6 Å². The third-order valence-electron chi connectivity index (χ3n) is 7.47. The molecule has 0 bridgehead atoms. The second-order valence-corrected chi connectivity index (χ2v) is 15.5. The number of nitrogens with one attached hydrogen (secondary N) is 2. The van der Waals surface area contributed by atoms with Crippen molar-refractivity contribution in [1.29, 1.82) is 0 Å². The molecule has 2 amide bonds. The summed E-state index contributed by atoms with van der Waals surface area (Å²) < 4.78 is 8.08. The van der Waals surface area contributed by atoms with Gasteiger partial charge in [-0.05, 0) is 81.0 Å². The highest BCUT2D eigenvalue weighted by atomic mass is 35.5.